The number of benzene rings is 1. The number of thioether (sulfide) groups is 1. The van der Waals surface area contributed by atoms with Crippen LogP contribution < -0.4 is 10.6 Å². The Morgan fingerprint density at radius 3 is 2.79 bits per heavy atom. The third-order valence-electron chi connectivity index (χ3n) is 4.60. The highest BCUT2D eigenvalue weighted by atomic mass is 32.2. The molecule has 0 atom stereocenters. The van der Waals surface area contributed by atoms with Gasteiger partial charge in [0.2, 0.25) is 11.8 Å². The van der Waals surface area contributed by atoms with Crippen LogP contribution in [0.4, 0.5) is 5.69 Å². The second kappa shape index (κ2) is 12.4. The van der Waals surface area contributed by atoms with Crippen LogP contribution in [0.25, 0.3) is 0 Å². The first kappa shape index (κ1) is 22.2. The van der Waals surface area contributed by atoms with E-state index >= 15 is 0 Å². The predicted molar refractivity (Wildman–Crippen MR) is 110 cm³/mol. The van der Waals surface area contributed by atoms with Crippen LogP contribution in [0.1, 0.15) is 19.3 Å². The molecule has 0 spiro atoms. The standard InChI is InChI=1S/C20H28N4O3S/c1-27-13-4-10-22-20(26)16-7-11-24(12-8-16)15-19(25)23-17-5-2-3-6-18(17)28-14-9-21/h2-3,5-6,16H,4,7-8,10-15H2,1H3,(H,22,26)(H,23,25). The smallest absolute Gasteiger partial charge is 0.238 e. The average molecular weight is 405 g/mol. The highest BCUT2D eigenvalue weighted by Crippen LogP contribution is 2.26. The number of nitrogens with one attached hydrogen (secondary N) is 2. The zero-order chi connectivity index (χ0) is 20.2. The van der Waals surface area contributed by atoms with Crippen LogP contribution in [0, 0.1) is 17.2 Å². The number of ether oxygens (including phenoxy) is 1. The maximum absolute atomic E-state index is 12.4. The molecule has 1 saturated heterocycles. The molecule has 152 valence electrons. The van der Waals surface area contributed by atoms with E-state index in [2.05, 4.69) is 21.6 Å². The van der Waals surface area contributed by atoms with Crippen molar-refractivity contribution >= 4 is 29.3 Å². The van der Waals surface area contributed by atoms with Gasteiger partial charge in [-0.15, -0.1) is 11.8 Å². The Hall–Kier alpha value is -2.08. The van der Waals surface area contributed by atoms with Gasteiger partial charge in [0.05, 0.1) is 24.1 Å². The molecule has 1 aliphatic heterocycles. The van der Waals surface area contributed by atoms with Crippen LogP contribution in [-0.2, 0) is 14.3 Å². The molecule has 0 saturated carbocycles. The molecule has 0 aromatic heterocycles. The Balaban J connectivity index is 1.73. The second-order valence-corrected chi connectivity index (χ2v) is 7.70. The molecular formula is C20H28N4O3S. The van der Waals surface area contributed by atoms with Crippen molar-refractivity contribution in [2.24, 2.45) is 5.92 Å². The fraction of sp³-hybridized carbons (Fsp3) is 0.550. The second-order valence-electron chi connectivity index (χ2n) is 6.68. The number of para-hydroxylation sites is 1. The number of methoxy groups -OCH3 is 1. The molecule has 2 amide bonds. The number of rotatable bonds is 10. The summed E-state index contributed by atoms with van der Waals surface area (Å²) in [5.41, 5.74) is 0.734. The largest absolute Gasteiger partial charge is 0.385 e. The Kier molecular flexibility index (Phi) is 9.83. The lowest BCUT2D eigenvalue weighted by Crippen LogP contribution is -2.43. The lowest BCUT2D eigenvalue weighted by Gasteiger charge is -2.30. The number of carbonyl (C=O) groups excluding carboxylic acids is 2. The summed E-state index contributed by atoms with van der Waals surface area (Å²) in [6, 6.07) is 9.59. The van der Waals surface area contributed by atoms with Gasteiger partial charge in [0, 0.05) is 31.1 Å². The maximum atomic E-state index is 12.4. The van der Waals surface area contributed by atoms with Crippen LogP contribution in [0.2, 0.25) is 0 Å². The number of piperidine rings is 1. The molecule has 28 heavy (non-hydrogen) atoms. The van der Waals surface area contributed by atoms with Gasteiger partial charge in [-0.25, -0.2) is 0 Å². The Bertz CT molecular complexity index is 684. The SMILES string of the molecule is COCCCNC(=O)C1CCN(CC(=O)Nc2ccccc2SCC#N)CC1. The van der Waals surface area contributed by atoms with Gasteiger partial charge in [0.15, 0.2) is 0 Å². The van der Waals surface area contributed by atoms with Crippen molar-refractivity contribution in [1.82, 2.24) is 10.2 Å². The molecule has 1 heterocycles. The molecule has 1 aromatic carbocycles. The van der Waals surface area contributed by atoms with Crippen LogP contribution in [0.15, 0.2) is 29.2 Å². The zero-order valence-electron chi connectivity index (χ0n) is 16.3. The van der Waals surface area contributed by atoms with Crippen molar-refractivity contribution in [3.8, 4) is 6.07 Å². The van der Waals surface area contributed by atoms with E-state index in [4.69, 9.17) is 10.00 Å². The highest BCUT2D eigenvalue weighted by Gasteiger charge is 2.25. The number of nitriles is 1. The molecule has 0 aliphatic carbocycles. The van der Waals surface area contributed by atoms with E-state index in [1.54, 1.807) is 7.11 Å². The van der Waals surface area contributed by atoms with Gasteiger partial charge in [-0.05, 0) is 44.5 Å². The first-order chi connectivity index (χ1) is 13.6. The fourth-order valence-electron chi connectivity index (χ4n) is 3.12. The summed E-state index contributed by atoms with van der Waals surface area (Å²) < 4.78 is 4.98. The van der Waals surface area contributed by atoms with Crippen LogP contribution in [-0.4, -0.2) is 62.4 Å². The first-order valence-corrected chi connectivity index (χ1v) is 10.5. The Morgan fingerprint density at radius 1 is 1.32 bits per heavy atom. The van der Waals surface area contributed by atoms with E-state index in [0.717, 1.165) is 42.9 Å². The molecule has 1 aliphatic rings. The maximum Gasteiger partial charge on any atom is 0.238 e. The molecule has 2 rings (SSSR count). The zero-order valence-corrected chi connectivity index (χ0v) is 17.1. The Labute approximate surface area is 170 Å². The fourth-order valence-corrected chi connectivity index (χ4v) is 3.79. The average Bonchev–Trinajstić information content (AvgIpc) is 2.71. The van der Waals surface area contributed by atoms with Crippen molar-refractivity contribution in [2.45, 2.75) is 24.2 Å². The number of hydrogen-bond donors (Lipinski definition) is 2. The molecule has 1 aromatic rings. The van der Waals surface area contributed by atoms with E-state index in [-0.39, 0.29) is 17.7 Å². The van der Waals surface area contributed by atoms with E-state index in [0.29, 0.717) is 25.4 Å². The summed E-state index contributed by atoms with van der Waals surface area (Å²) in [5.74, 6) is 0.384. The number of amides is 2. The van der Waals surface area contributed by atoms with E-state index < -0.39 is 0 Å². The van der Waals surface area contributed by atoms with Gasteiger partial charge >= 0.3 is 0 Å². The molecule has 0 radical (unpaired) electrons. The minimum Gasteiger partial charge on any atom is -0.385 e. The lowest BCUT2D eigenvalue weighted by atomic mass is 9.96. The van der Waals surface area contributed by atoms with Crippen molar-refractivity contribution in [2.75, 3.05) is 51.0 Å². The third kappa shape index (κ3) is 7.50. The molecule has 8 heteroatoms. The molecule has 2 N–H and O–H groups in total. The van der Waals surface area contributed by atoms with Crippen LogP contribution in [0.5, 0.6) is 0 Å². The number of anilines is 1. The van der Waals surface area contributed by atoms with Crippen LogP contribution >= 0.6 is 11.8 Å². The quantitative estimate of drug-likeness (QED) is 0.458. The van der Waals surface area contributed by atoms with Gasteiger partial charge < -0.3 is 15.4 Å². The topological polar surface area (TPSA) is 94.5 Å². The van der Waals surface area contributed by atoms with Crippen molar-refractivity contribution in [3.63, 3.8) is 0 Å². The number of likely N-dealkylation sites (tertiary alicyclic amines) is 1. The lowest BCUT2D eigenvalue weighted by molar-refractivity contribution is -0.126. The van der Waals surface area contributed by atoms with E-state index in [1.165, 1.54) is 11.8 Å². The molecule has 1 fully saturated rings. The van der Waals surface area contributed by atoms with Gasteiger partial charge in [-0.1, -0.05) is 12.1 Å². The minimum absolute atomic E-state index is 0.0185. The number of nitrogens with zero attached hydrogens (tertiary/aromatic N) is 2. The predicted octanol–water partition coefficient (Wildman–Crippen LogP) is 2.11. The normalized spacial score (nSPS) is 15.0. The van der Waals surface area contributed by atoms with Gasteiger partial charge in [-0.2, -0.15) is 5.26 Å². The summed E-state index contributed by atoms with van der Waals surface area (Å²) in [4.78, 5) is 27.6. The number of carbonyl (C=O) groups is 2. The van der Waals surface area contributed by atoms with E-state index in [1.807, 2.05) is 24.3 Å². The molecule has 0 bridgehead atoms. The summed E-state index contributed by atoms with van der Waals surface area (Å²) in [6.07, 6.45) is 2.34. The van der Waals surface area contributed by atoms with Gasteiger partial charge in [-0.3, -0.25) is 14.5 Å². The Morgan fingerprint density at radius 2 is 2.07 bits per heavy atom. The van der Waals surface area contributed by atoms with Gasteiger partial charge in [0.1, 0.15) is 0 Å². The van der Waals surface area contributed by atoms with Crippen molar-refractivity contribution in [3.05, 3.63) is 24.3 Å². The molecule has 7 nitrogen and oxygen atoms in total. The monoisotopic (exact) mass is 404 g/mol. The summed E-state index contributed by atoms with van der Waals surface area (Å²) >= 11 is 1.41. The summed E-state index contributed by atoms with van der Waals surface area (Å²) in [6.45, 7) is 3.05. The van der Waals surface area contributed by atoms with Crippen molar-refractivity contribution < 1.29 is 14.3 Å². The first-order valence-electron chi connectivity index (χ1n) is 9.51. The van der Waals surface area contributed by atoms with E-state index in [9.17, 15) is 9.59 Å². The highest BCUT2D eigenvalue weighted by molar-refractivity contribution is 7.99. The molecular weight excluding hydrogens is 376 g/mol. The summed E-state index contributed by atoms with van der Waals surface area (Å²) in [7, 11) is 1.65. The van der Waals surface area contributed by atoms with Crippen LogP contribution in [0.3, 0.4) is 0 Å². The third-order valence-corrected chi connectivity index (χ3v) is 5.54. The summed E-state index contributed by atoms with van der Waals surface area (Å²) in [5, 5.41) is 14.6. The number of hydrogen-bond acceptors (Lipinski definition) is 6. The minimum atomic E-state index is -0.0764. The molecule has 0 unspecified atom stereocenters. The van der Waals surface area contributed by atoms with Gasteiger partial charge in [0.25, 0.3) is 0 Å². The van der Waals surface area contributed by atoms with Crippen molar-refractivity contribution in [1.29, 1.82) is 5.26 Å².